The molecule has 4 nitrogen and oxygen atoms in total. The lowest BCUT2D eigenvalue weighted by atomic mass is 10.2. The highest BCUT2D eigenvalue weighted by molar-refractivity contribution is 9.10. The first-order valence-corrected chi connectivity index (χ1v) is 7.81. The molecule has 0 unspecified atom stereocenters. The van der Waals surface area contributed by atoms with Crippen LogP contribution in [0.3, 0.4) is 0 Å². The minimum Gasteiger partial charge on any atom is -0.493 e. The average Bonchev–Trinajstić information content (AvgIpc) is 2.61. The Labute approximate surface area is 154 Å². The van der Waals surface area contributed by atoms with Crippen molar-refractivity contribution in [3.8, 4) is 11.5 Å². The fourth-order valence-electron chi connectivity index (χ4n) is 1.90. The van der Waals surface area contributed by atoms with Crippen LogP contribution in [0.2, 0.25) is 0 Å². The minimum absolute atomic E-state index is 0.286. The maximum absolute atomic E-state index is 13.8. The highest BCUT2D eigenvalue weighted by Crippen LogP contribution is 2.32. The van der Waals surface area contributed by atoms with E-state index in [0.717, 1.165) is 0 Å². The third-order valence-electron chi connectivity index (χ3n) is 3.09. The van der Waals surface area contributed by atoms with Gasteiger partial charge in [0.05, 0.1) is 18.7 Å². The van der Waals surface area contributed by atoms with E-state index >= 15 is 0 Å². The van der Waals surface area contributed by atoms with Crippen molar-refractivity contribution in [2.24, 2.45) is 0 Å². The molecule has 0 aliphatic heterocycles. The lowest BCUT2D eigenvalue weighted by molar-refractivity contribution is 0.355. The van der Waals surface area contributed by atoms with E-state index in [2.05, 4.69) is 26.6 Å². The van der Waals surface area contributed by atoms with Crippen molar-refractivity contribution in [2.45, 2.75) is 0 Å². The minimum atomic E-state index is -1.61. The van der Waals surface area contributed by atoms with Crippen molar-refractivity contribution in [3.63, 3.8) is 0 Å². The van der Waals surface area contributed by atoms with Gasteiger partial charge in [0.1, 0.15) is 5.69 Å². The summed E-state index contributed by atoms with van der Waals surface area (Å²) >= 11 is 7.35. The summed E-state index contributed by atoms with van der Waals surface area (Å²) in [5.74, 6) is -5.52. The maximum atomic E-state index is 13.8. The monoisotopic (exact) mass is 438 g/mol. The first kappa shape index (κ1) is 19.3. The topological polar surface area (TPSA) is 42.5 Å². The highest BCUT2D eigenvalue weighted by atomic mass is 79.9. The third kappa shape index (κ3) is 3.96. The summed E-state index contributed by atoms with van der Waals surface area (Å²) in [6.07, 6.45) is 0. The first-order valence-electron chi connectivity index (χ1n) is 6.61. The van der Waals surface area contributed by atoms with Crippen molar-refractivity contribution >= 4 is 44.6 Å². The van der Waals surface area contributed by atoms with Gasteiger partial charge in [0.15, 0.2) is 39.9 Å². The zero-order valence-electron chi connectivity index (χ0n) is 12.8. The van der Waals surface area contributed by atoms with E-state index in [9.17, 15) is 17.6 Å². The van der Waals surface area contributed by atoms with Crippen LogP contribution in [0, 0.1) is 23.3 Å². The summed E-state index contributed by atoms with van der Waals surface area (Å²) in [7, 11) is 2.88. The number of hydrogen-bond donors (Lipinski definition) is 2. The molecule has 25 heavy (non-hydrogen) atoms. The fraction of sp³-hybridized carbons (Fsp3) is 0.133. The second-order valence-corrected chi connectivity index (χ2v) is 5.80. The Morgan fingerprint density at radius 3 is 2.00 bits per heavy atom. The smallest absolute Gasteiger partial charge is 0.186 e. The molecular weight excluding hydrogens is 428 g/mol. The van der Waals surface area contributed by atoms with Gasteiger partial charge in [-0.3, -0.25) is 0 Å². The second kappa shape index (κ2) is 7.87. The Kier molecular flexibility index (Phi) is 6.07. The van der Waals surface area contributed by atoms with Gasteiger partial charge in [0.2, 0.25) is 0 Å². The van der Waals surface area contributed by atoms with Gasteiger partial charge in [0, 0.05) is 11.8 Å². The van der Waals surface area contributed by atoms with Gasteiger partial charge >= 0.3 is 0 Å². The highest BCUT2D eigenvalue weighted by Gasteiger charge is 2.24. The average molecular weight is 439 g/mol. The summed E-state index contributed by atoms with van der Waals surface area (Å²) in [6.45, 7) is 0. The Hall–Kier alpha value is -2.07. The van der Waals surface area contributed by atoms with E-state index in [1.807, 2.05) is 0 Å². The van der Waals surface area contributed by atoms with Crippen LogP contribution in [0.1, 0.15) is 0 Å². The number of anilines is 2. The molecule has 0 atom stereocenters. The largest absolute Gasteiger partial charge is 0.493 e. The SMILES string of the molecule is COc1ccc(NC(=S)Nc2c(F)c(F)c(Br)c(F)c2F)cc1OC. The summed E-state index contributed by atoms with van der Waals surface area (Å²) < 4.78 is 63.9. The third-order valence-corrected chi connectivity index (χ3v) is 3.99. The summed E-state index contributed by atoms with van der Waals surface area (Å²) in [4.78, 5) is 0. The molecule has 2 N–H and O–H groups in total. The Bertz CT molecular complexity index is 807. The van der Waals surface area contributed by atoms with E-state index in [-0.39, 0.29) is 5.11 Å². The zero-order chi connectivity index (χ0) is 18.7. The van der Waals surface area contributed by atoms with Crippen LogP contribution in [0.4, 0.5) is 28.9 Å². The number of hydrogen-bond acceptors (Lipinski definition) is 3. The summed E-state index contributed by atoms with van der Waals surface area (Å²) in [5.41, 5.74) is -0.648. The second-order valence-electron chi connectivity index (χ2n) is 4.59. The molecule has 0 aromatic heterocycles. The van der Waals surface area contributed by atoms with Crippen molar-refractivity contribution in [1.82, 2.24) is 0 Å². The molecule has 0 saturated heterocycles. The van der Waals surface area contributed by atoms with Crippen LogP contribution in [-0.2, 0) is 0 Å². The summed E-state index contributed by atoms with van der Waals surface area (Å²) in [5, 5.41) is 4.43. The molecule has 0 aliphatic carbocycles. The lowest BCUT2D eigenvalue weighted by Crippen LogP contribution is -2.21. The van der Waals surface area contributed by atoms with Crippen LogP contribution in [0.5, 0.6) is 11.5 Å². The fourth-order valence-corrected chi connectivity index (χ4v) is 2.47. The molecule has 2 rings (SSSR count). The number of benzene rings is 2. The van der Waals surface area contributed by atoms with Crippen LogP contribution in [-0.4, -0.2) is 19.3 Å². The molecule has 2 aromatic rings. The van der Waals surface area contributed by atoms with Crippen LogP contribution >= 0.6 is 28.1 Å². The van der Waals surface area contributed by atoms with Crippen molar-refractivity contribution in [3.05, 3.63) is 45.9 Å². The number of nitrogens with one attached hydrogen (secondary N) is 2. The van der Waals surface area contributed by atoms with Crippen molar-refractivity contribution < 1.29 is 27.0 Å². The zero-order valence-corrected chi connectivity index (χ0v) is 15.2. The first-order chi connectivity index (χ1) is 11.8. The van der Waals surface area contributed by atoms with Gasteiger partial charge in [-0.05, 0) is 40.3 Å². The molecular formula is C15H11BrF4N2O2S. The molecule has 0 heterocycles. The predicted molar refractivity (Wildman–Crippen MR) is 93.4 cm³/mol. The van der Waals surface area contributed by atoms with Gasteiger partial charge in [-0.2, -0.15) is 0 Å². The van der Waals surface area contributed by atoms with E-state index in [4.69, 9.17) is 21.7 Å². The molecule has 0 amide bonds. The van der Waals surface area contributed by atoms with Gasteiger partial charge in [-0.1, -0.05) is 0 Å². The van der Waals surface area contributed by atoms with Gasteiger partial charge in [-0.15, -0.1) is 0 Å². The Morgan fingerprint density at radius 2 is 1.48 bits per heavy atom. The molecule has 10 heteroatoms. The van der Waals surface area contributed by atoms with E-state index in [0.29, 0.717) is 17.2 Å². The van der Waals surface area contributed by atoms with Crippen LogP contribution in [0.25, 0.3) is 0 Å². The van der Waals surface area contributed by atoms with Gasteiger partial charge in [0.25, 0.3) is 0 Å². The molecule has 0 radical (unpaired) electrons. The molecule has 0 saturated carbocycles. The van der Waals surface area contributed by atoms with Gasteiger partial charge in [-0.25, -0.2) is 17.6 Å². The van der Waals surface area contributed by atoms with Crippen LogP contribution < -0.4 is 20.1 Å². The number of ether oxygens (including phenoxy) is 2. The standard InChI is InChI=1S/C15H11BrF4N2O2S/c1-23-7-4-3-6(5-8(7)24-2)21-15(25)22-14-12(19)10(17)9(16)11(18)13(14)20/h3-5H,1-2H3,(H2,21,22,25). The quantitative estimate of drug-likeness (QED) is 0.309. The summed E-state index contributed by atoms with van der Waals surface area (Å²) in [6, 6.07) is 4.65. The molecule has 2 aromatic carbocycles. The molecule has 0 aliphatic rings. The van der Waals surface area contributed by atoms with Crippen LogP contribution in [0.15, 0.2) is 22.7 Å². The lowest BCUT2D eigenvalue weighted by Gasteiger charge is -2.15. The van der Waals surface area contributed by atoms with Crippen molar-refractivity contribution in [2.75, 3.05) is 24.9 Å². The van der Waals surface area contributed by atoms with E-state index in [1.54, 1.807) is 12.1 Å². The molecule has 0 fully saturated rings. The van der Waals surface area contributed by atoms with E-state index < -0.39 is 33.4 Å². The maximum Gasteiger partial charge on any atom is 0.186 e. The predicted octanol–water partition coefficient (Wildman–Crippen LogP) is 4.83. The number of methoxy groups -OCH3 is 2. The number of halogens is 5. The Balaban J connectivity index is 2.24. The van der Waals surface area contributed by atoms with E-state index in [1.165, 1.54) is 20.3 Å². The number of rotatable bonds is 4. The molecule has 0 spiro atoms. The normalized spacial score (nSPS) is 10.4. The molecule has 134 valence electrons. The molecule has 0 bridgehead atoms. The number of thiocarbonyl (C=S) groups is 1. The Morgan fingerprint density at radius 1 is 0.920 bits per heavy atom. The van der Waals surface area contributed by atoms with Crippen molar-refractivity contribution in [1.29, 1.82) is 0 Å². The van der Waals surface area contributed by atoms with Gasteiger partial charge < -0.3 is 20.1 Å².